The Bertz CT molecular complexity index is 661. The summed E-state index contributed by atoms with van der Waals surface area (Å²) in [5.74, 6) is 1.87. The molecule has 0 unspecified atom stereocenters. The van der Waals surface area contributed by atoms with Crippen molar-refractivity contribution in [2.45, 2.75) is 51.3 Å². The van der Waals surface area contributed by atoms with Gasteiger partial charge in [0.25, 0.3) is 0 Å². The van der Waals surface area contributed by atoms with Gasteiger partial charge in [-0.3, -0.25) is 4.99 Å². The summed E-state index contributed by atoms with van der Waals surface area (Å²) in [7, 11) is -1.54. The number of oxazole rings is 1. The van der Waals surface area contributed by atoms with Crippen LogP contribution in [0.2, 0.25) is 0 Å². The molecule has 0 aliphatic carbocycles. The second-order valence-corrected chi connectivity index (χ2v) is 9.83. The maximum absolute atomic E-state index is 11.7. The highest BCUT2D eigenvalue weighted by atomic mass is 127. The van der Waals surface area contributed by atoms with E-state index in [2.05, 4.69) is 41.4 Å². The maximum Gasteiger partial charge on any atom is 0.213 e. The summed E-state index contributed by atoms with van der Waals surface area (Å²) in [5, 5.41) is 6.08. The SMILES string of the molecule is CN=C(NCc1ncc(C(C)(C)C)o1)NCC(C)(C)S(C)(=O)=O.I. The van der Waals surface area contributed by atoms with Crippen molar-refractivity contribution >= 4 is 39.8 Å². The van der Waals surface area contributed by atoms with E-state index >= 15 is 0 Å². The quantitative estimate of drug-likeness (QED) is 0.387. The van der Waals surface area contributed by atoms with Crippen molar-refractivity contribution in [1.29, 1.82) is 0 Å². The Kier molecular flexibility index (Phi) is 8.21. The van der Waals surface area contributed by atoms with Crippen molar-refractivity contribution in [3.05, 3.63) is 17.8 Å². The monoisotopic (exact) mass is 472 g/mol. The third-order valence-corrected chi connectivity index (χ3v) is 5.76. The Balaban J connectivity index is 0.00000529. The summed E-state index contributed by atoms with van der Waals surface area (Å²) in [4.78, 5) is 8.30. The zero-order chi connectivity index (χ0) is 17.9. The Morgan fingerprint density at radius 1 is 1.25 bits per heavy atom. The van der Waals surface area contributed by atoms with Crippen molar-refractivity contribution in [3.63, 3.8) is 0 Å². The van der Waals surface area contributed by atoms with E-state index in [1.165, 1.54) is 6.26 Å². The summed E-state index contributed by atoms with van der Waals surface area (Å²) in [6.07, 6.45) is 2.95. The van der Waals surface area contributed by atoms with Crippen LogP contribution in [-0.2, 0) is 21.8 Å². The van der Waals surface area contributed by atoms with Crippen molar-refractivity contribution < 1.29 is 12.8 Å². The first kappa shape index (κ1) is 23.2. The van der Waals surface area contributed by atoms with E-state index in [4.69, 9.17) is 4.42 Å². The zero-order valence-electron chi connectivity index (χ0n) is 15.4. The average Bonchev–Trinajstić information content (AvgIpc) is 2.86. The van der Waals surface area contributed by atoms with E-state index < -0.39 is 14.6 Å². The molecule has 0 bridgehead atoms. The summed E-state index contributed by atoms with van der Waals surface area (Å²) in [6.45, 7) is 10.1. The number of hydrogen-bond acceptors (Lipinski definition) is 5. The average molecular weight is 472 g/mol. The van der Waals surface area contributed by atoms with Crippen LogP contribution in [0.15, 0.2) is 15.6 Å². The zero-order valence-corrected chi connectivity index (χ0v) is 18.6. The van der Waals surface area contributed by atoms with Crippen LogP contribution in [0.25, 0.3) is 0 Å². The van der Waals surface area contributed by atoms with Crippen molar-refractivity contribution in [2.24, 2.45) is 4.99 Å². The number of sulfone groups is 1. The van der Waals surface area contributed by atoms with Gasteiger partial charge in [-0.1, -0.05) is 20.8 Å². The fourth-order valence-corrected chi connectivity index (χ4v) is 1.88. The molecular weight excluding hydrogens is 443 g/mol. The lowest BCUT2D eigenvalue weighted by atomic mass is 9.94. The number of nitrogens with zero attached hydrogens (tertiary/aromatic N) is 2. The molecule has 0 spiro atoms. The Morgan fingerprint density at radius 2 is 1.83 bits per heavy atom. The number of halogens is 1. The van der Waals surface area contributed by atoms with Gasteiger partial charge in [0, 0.05) is 25.3 Å². The summed E-state index contributed by atoms with van der Waals surface area (Å²) in [6, 6.07) is 0. The molecule has 0 radical (unpaired) electrons. The minimum absolute atomic E-state index is 0. The topological polar surface area (TPSA) is 96.6 Å². The van der Waals surface area contributed by atoms with E-state index in [0.29, 0.717) is 18.4 Å². The third kappa shape index (κ3) is 6.58. The van der Waals surface area contributed by atoms with Crippen molar-refractivity contribution in [1.82, 2.24) is 15.6 Å². The molecule has 24 heavy (non-hydrogen) atoms. The van der Waals surface area contributed by atoms with Gasteiger partial charge in [-0.05, 0) is 13.8 Å². The smallest absolute Gasteiger partial charge is 0.213 e. The molecule has 0 aromatic carbocycles. The Morgan fingerprint density at radius 3 is 2.25 bits per heavy atom. The first-order valence-electron chi connectivity index (χ1n) is 7.46. The van der Waals surface area contributed by atoms with Crippen molar-refractivity contribution in [3.8, 4) is 0 Å². The molecule has 9 heteroatoms. The van der Waals surface area contributed by atoms with E-state index in [0.717, 1.165) is 5.76 Å². The normalized spacial score (nSPS) is 13.4. The summed E-state index contributed by atoms with van der Waals surface area (Å²) >= 11 is 0. The summed E-state index contributed by atoms with van der Waals surface area (Å²) in [5.41, 5.74) is -0.0926. The molecular formula is C15H29IN4O3S. The van der Waals surface area contributed by atoms with Gasteiger partial charge in [-0.2, -0.15) is 0 Å². The van der Waals surface area contributed by atoms with Gasteiger partial charge in [0.05, 0.1) is 17.5 Å². The molecule has 0 amide bonds. The van der Waals surface area contributed by atoms with E-state index in [-0.39, 0.29) is 35.9 Å². The fraction of sp³-hybridized carbons (Fsp3) is 0.733. The lowest BCUT2D eigenvalue weighted by molar-refractivity contribution is 0.379. The van der Waals surface area contributed by atoms with Crippen LogP contribution in [0.4, 0.5) is 0 Å². The molecule has 0 saturated carbocycles. The molecule has 0 aliphatic heterocycles. The lowest BCUT2D eigenvalue weighted by Gasteiger charge is -2.24. The first-order chi connectivity index (χ1) is 10.4. The molecule has 1 aromatic rings. The first-order valence-corrected chi connectivity index (χ1v) is 9.35. The predicted octanol–water partition coefficient (Wildman–Crippen LogP) is 2.08. The highest BCUT2D eigenvalue weighted by molar-refractivity contribution is 14.0. The number of aliphatic imine (C=N–C) groups is 1. The largest absolute Gasteiger partial charge is 0.443 e. The second-order valence-electron chi connectivity index (χ2n) is 7.18. The molecule has 1 aromatic heterocycles. The Hall–Kier alpha value is -0.840. The van der Waals surface area contributed by atoms with Gasteiger partial charge in [0.2, 0.25) is 5.89 Å². The van der Waals surface area contributed by atoms with Crippen LogP contribution in [0.5, 0.6) is 0 Å². The van der Waals surface area contributed by atoms with Crippen molar-refractivity contribution in [2.75, 3.05) is 19.8 Å². The van der Waals surface area contributed by atoms with Gasteiger partial charge in [-0.25, -0.2) is 13.4 Å². The maximum atomic E-state index is 11.7. The molecule has 1 heterocycles. The number of hydrogen-bond donors (Lipinski definition) is 2. The molecule has 7 nitrogen and oxygen atoms in total. The van der Waals surface area contributed by atoms with Crippen LogP contribution >= 0.6 is 24.0 Å². The molecule has 2 N–H and O–H groups in total. The molecule has 0 atom stereocenters. The van der Waals surface area contributed by atoms with E-state index in [1.807, 2.05) is 0 Å². The molecule has 0 aliphatic rings. The highest BCUT2D eigenvalue weighted by Gasteiger charge is 2.30. The Labute approximate surface area is 162 Å². The van der Waals surface area contributed by atoms with Crippen LogP contribution in [0, 0.1) is 0 Å². The van der Waals surface area contributed by atoms with Crippen LogP contribution in [0.1, 0.15) is 46.3 Å². The van der Waals surface area contributed by atoms with Crippen LogP contribution in [0.3, 0.4) is 0 Å². The van der Waals surface area contributed by atoms with Crippen LogP contribution < -0.4 is 10.6 Å². The standard InChI is InChI=1S/C15H28N4O3S.HI/c1-14(2,3)11-8-17-12(22-11)9-18-13(16-6)19-10-15(4,5)23(7,20)21;/h8H,9-10H2,1-7H3,(H2,16,18,19);1H. The minimum atomic E-state index is -3.16. The molecule has 140 valence electrons. The van der Waals surface area contributed by atoms with E-state index in [1.54, 1.807) is 27.1 Å². The van der Waals surface area contributed by atoms with Gasteiger partial charge in [0.15, 0.2) is 15.8 Å². The van der Waals surface area contributed by atoms with Gasteiger partial charge >= 0.3 is 0 Å². The number of aromatic nitrogens is 1. The molecule has 0 saturated heterocycles. The minimum Gasteiger partial charge on any atom is -0.443 e. The number of rotatable bonds is 5. The fourth-order valence-electron chi connectivity index (χ4n) is 1.55. The van der Waals surface area contributed by atoms with Gasteiger partial charge < -0.3 is 15.1 Å². The second kappa shape index (κ2) is 8.50. The molecule has 1 rings (SSSR count). The number of guanidine groups is 1. The van der Waals surface area contributed by atoms with Gasteiger partial charge in [0.1, 0.15) is 5.76 Å². The number of nitrogens with one attached hydrogen (secondary N) is 2. The highest BCUT2D eigenvalue weighted by Crippen LogP contribution is 2.22. The predicted molar refractivity (Wildman–Crippen MR) is 108 cm³/mol. The van der Waals surface area contributed by atoms with E-state index in [9.17, 15) is 8.42 Å². The van der Waals surface area contributed by atoms with Gasteiger partial charge in [-0.15, -0.1) is 24.0 Å². The lowest BCUT2D eigenvalue weighted by Crippen LogP contribution is -2.47. The summed E-state index contributed by atoms with van der Waals surface area (Å²) < 4.78 is 28.2. The van der Waals surface area contributed by atoms with Crippen LogP contribution in [-0.4, -0.2) is 44.0 Å². The third-order valence-electron chi connectivity index (χ3n) is 3.61. The molecule has 0 fully saturated rings.